The van der Waals surface area contributed by atoms with Crippen molar-refractivity contribution in [2.24, 2.45) is 5.16 Å². The molecule has 0 aromatic heterocycles. The summed E-state index contributed by atoms with van der Waals surface area (Å²) in [5.41, 5.74) is 2.57. The van der Waals surface area contributed by atoms with Gasteiger partial charge in [-0.15, -0.1) is 0 Å². The highest BCUT2D eigenvalue weighted by Gasteiger charge is 2.15. The maximum Gasteiger partial charge on any atom is 0.310 e. The van der Waals surface area contributed by atoms with E-state index in [0.29, 0.717) is 11.3 Å². The summed E-state index contributed by atoms with van der Waals surface area (Å²) in [5.74, 6) is 0.597. The number of oxime groups is 1. The second kappa shape index (κ2) is 7.98. The molecule has 0 N–H and O–H groups in total. The number of methoxy groups -OCH3 is 1. The molecule has 5 heteroatoms. The molecule has 0 fully saturated rings. The number of carbonyl (C=O) groups excluding carboxylic acids is 1. The zero-order valence-electron chi connectivity index (χ0n) is 13.4. The van der Waals surface area contributed by atoms with E-state index in [1.165, 1.54) is 14.2 Å². The molecular formula is C18H19NO4. The van der Waals surface area contributed by atoms with Crippen molar-refractivity contribution in [2.45, 2.75) is 13.3 Å². The molecule has 0 saturated heterocycles. The van der Waals surface area contributed by atoms with Crippen molar-refractivity contribution in [1.82, 2.24) is 0 Å². The Bertz CT molecular complexity index is 692. The predicted octanol–water partition coefficient (Wildman–Crippen LogP) is 3.10. The Morgan fingerprint density at radius 1 is 1.04 bits per heavy atom. The van der Waals surface area contributed by atoms with Gasteiger partial charge in [0.05, 0.1) is 13.5 Å². The largest absolute Gasteiger partial charge is 0.469 e. The molecule has 5 nitrogen and oxygen atoms in total. The molecule has 0 aliphatic heterocycles. The topological polar surface area (TPSA) is 57.1 Å². The van der Waals surface area contributed by atoms with Gasteiger partial charge in [-0.2, -0.15) is 0 Å². The van der Waals surface area contributed by atoms with Crippen LogP contribution < -0.4 is 4.74 Å². The summed E-state index contributed by atoms with van der Waals surface area (Å²) >= 11 is 0. The van der Waals surface area contributed by atoms with Gasteiger partial charge >= 0.3 is 5.97 Å². The molecule has 120 valence electrons. The summed E-state index contributed by atoms with van der Waals surface area (Å²) in [4.78, 5) is 16.5. The minimum Gasteiger partial charge on any atom is -0.469 e. The first-order valence-corrected chi connectivity index (χ1v) is 7.14. The molecule has 0 aliphatic carbocycles. The van der Waals surface area contributed by atoms with Crippen molar-refractivity contribution in [3.8, 4) is 5.75 Å². The lowest BCUT2D eigenvalue weighted by molar-refractivity contribution is -0.139. The number of benzene rings is 2. The maximum absolute atomic E-state index is 11.6. The third-order valence-electron chi connectivity index (χ3n) is 3.22. The van der Waals surface area contributed by atoms with Gasteiger partial charge in [-0.05, 0) is 35.8 Å². The lowest BCUT2D eigenvalue weighted by atomic mass is 10.0. The summed E-state index contributed by atoms with van der Waals surface area (Å²) in [6, 6.07) is 14.9. The van der Waals surface area contributed by atoms with E-state index in [0.717, 1.165) is 11.1 Å². The first-order chi connectivity index (χ1) is 11.1. The first-order valence-electron chi connectivity index (χ1n) is 7.14. The monoisotopic (exact) mass is 313 g/mol. The van der Waals surface area contributed by atoms with E-state index in [1.54, 1.807) is 0 Å². The fourth-order valence-electron chi connectivity index (χ4n) is 2.03. The Kier molecular flexibility index (Phi) is 5.74. The molecule has 0 heterocycles. The minimum absolute atomic E-state index is 0.132. The smallest absolute Gasteiger partial charge is 0.310 e. The third kappa shape index (κ3) is 4.57. The van der Waals surface area contributed by atoms with E-state index >= 15 is 0 Å². The predicted molar refractivity (Wildman–Crippen MR) is 87.5 cm³/mol. The minimum atomic E-state index is -0.329. The number of aryl methyl sites for hydroxylation is 1. The van der Waals surface area contributed by atoms with Crippen molar-refractivity contribution >= 4 is 11.9 Å². The average Bonchev–Trinajstić information content (AvgIpc) is 2.57. The Labute approximate surface area is 135 Å². The molecule has 0 saturated carbocycles. The van der Waals surface area contributed by atoms with Gasteiger partial charge in [-0.1, -0.05) is 35.9 Å². The molecule has 0 unspecified atom stereocenters. The van der Waals surface area contributed by atoms with Gasteiger partial charge in [0.1, 0.15) is 12.9 Å². The van der Waals surface area contributed by atoms with Crippen LogP contribution in [0, 0.1) is 6.92 Å². The summed E-state index contributed by atoms with van der Waals surface area (Å²) in [6.45, 7) is 2.00. The number of hydrogen-bond donors (Lipinski definition) is 0. The molecule has 23 heavy (non-hydrogen) atoms. The summed E-state index contributed by atoms with van der Waals surface area (Å²) in [7, 11) is 2.80. The van der Waals surface area contributed by atoms with Crippen LogP contribution >= 0.6 is 0 Å². The highest BCUT2D eigenvalue weighted by molar-refractivity contribution is 5.97. The molecule has 2 rings (SSSR count). The van der Waals surface area contributed by atoms with Crippen LogP contribution in [0.1, 0.15) is 16.7 Å². The highest BCUT2D eigenvalue weighted by Crippen LogP contribution is 2.17. The summed E-state index contributed by atoms with van der Waals surface area (Å²) in [5, 5.41) is 3.95. The Morgan fingerprint density at radius 3 is 2.39 bits per heavy atom. The third-order valence-corrected chi connectivity index (χ3v) is 3.22. The zero-order valence-corrected chi connectivity index (χ0v) is 13.4. The molecule has 0 bridgehead atoms. The van der Waals surface area contributed by atoms with Crippen LogP contribution in [0.25, 0.3) is 0 Å². The number of esters is 1. The highest BCUT2D eigenvalue weighted by atomic mass is 16.6. The van der Waals surface area contributed by atoms with Crippen LogP contribution in [0.5, 0.6) is 5.75 Å². The van der Waals surface area contributed by atoms with Gasteiger partial charge in [0.25, 0.3) is 5.90 Å². The Morgan fingerprint density at radius 2 is 1.74 bits per heavy atom. The molecule has 0 aliphatic rings. The molecule has 0 amide bonds. The van der Waals surface area contributed by atoms with Crippen LogP contribution in [0.2, 0.25) is 0 Å². The van der Waals surface area contributed by atoms with E-state index < -0.39 is 0 Å². The van der Waals surface area contributed by atoms with Crippen molar-refractivity contribution in [3.05, 3.63) is 65.2 Å². The molecule has 0 spiro atoms. The fourth-order valence-corrected chi connectivity index (χ4v) is 2.03. The maximum atomic E-state index is 11.6. The quantitative estimate of drug-likeness (QED) is 0.368. The molecule has 0 radical (unpaired) electrons. The van der Waals surface area contributed by atoms with E-state index in [2.05, 4.69) is 5.16 Å². The van der Waals surface area contributed by atoms with Gasteiger partial charge in [-0.3, -0.25) is 4.79 Å². The van der Waals surface area contributed by atoms with Gasteiger partial charge in [0, 0.05) is 5.56 Å². The number of rotatable bonds is 5. The van der Waals surface area contributed by atoms with E-state index in [4.69, 9.17) is 14.3 Å². The van der Waals surface area contributed by atoms with Crippen molar-refractivity contribution < 1.29 is 19.1 Å². The summed E-state index contributed by atoms with van der Waals surface area (Å²) < 4.78 is 10.6. The molecule has 2 aromatic carbocycles. The van der Waals surface area contributed by atoms with Crippen LogP contribution in [0.4, 0.5) is 0 Å². The van der Waals surface area contributed by atoms with Gasteiger partial charge in [0.2, 0.25) is 0 Å². The molecule has 0 atom stereocenters. The second-order valence-electron chi connectivity index (χ2n) is 4.90. The van der Waals surface area contributed by atoms with Gasteiger partial charge < -0.3 is 14.3 Å². The van der Waals surface area contributed by atoms with Crippen molar-refractivity contribution in [2.75, 3.05) is 14.2 Å². The average molecular weight is 313 g/mol. The number of ether oxygens (including phenoxy) is 2. The number of carbonyl (C=O) groups is 1. The van der Waals surface area contributed by atoms with Crippen LogP contribution in [-0.4, -0.2) is 26.1 Å². The van der Waals surface area contributed by atoms with E-state index in [-0.39, 0.29) is 18.3 Å². The fraction of sp³-hybridized carbons (Fsp3) is 0.222. The first kappa shape index (κ1) is 16.5. The van der Waals surface area contributed by atoms with Crippen LogP contribution in [-0.2, 0) is 20.8 Å². The number of nitrogens with zero attached hydrogens (tertiary/aromatic N) is 1. The molecular weight excluding hydrogens is 294 g/mol. The van der Waals surface area contributed by atoms with Gasteiger partial charge in [-0.25, -0.2) is 0 Å². The Hall–Kier alpha value is -2.82. The standard InChI is InChI=1S/C18H19NO4/c1-13-8-10-15(11-9-13)23-18(19-22-3)16-7-5-4-6-14(16)12-17(20)21-2/h4-11H,12H2,1-3H3/b19-18+. The summed E-state index contributed by atoms with van der Waals surface area (Å²) in [6.07, 6.45) is 0.132. The zero-order chi connectivity index (χ0) is 16.7. The van der Waals surface area contributed by atoms with E-state index in [9.17, 15) is 4.79 Å². The lowest BCUT2D eigenvalue weighted by Crippen LogP contribution is -2.16. The SMILES string of the molecule is CO/N=C(/Oc1ccc(C)cc1)c1ccccc1CC(=O)OC. The normalized spacial score (nSPS) is 11.0. The van der Waals surface area contributed by atoms with Crippen molar-refractivity contribution in [1.29, 1.82) is 0 Å². The van der Waals surface area contributed by atoms with Crippen molar-refractivity contribution in [3.63, 3.8) is 0 Å². The second-order valence-corrected chi connectivity index (χ2v) is 4.90. The van der Waals surface area contributed by atoms with E-state index in [1.807, 2.05) is 55.5 Å². The Balaban J connectivity index is 2.32. The lowest BCUT2D eigenvalue weighted by Gasteiger charge is -2.12. The molecule has 2 aromatic rings. The number of hydrogen-bond acceptors (Lipinski definition) is 5. The van der Waals surface area contributed by atoms with Crippen LogP contribution in [0.3, 0.4) is 0 Å². The van der Waals surface area contributed by atoms with Crippen LogP contribution in [0.15, 0.2) is 53.7 Å². The van der Waals surface area contributed by atoms with Gasteiger partial charge in [0.15, 0.2) is 0 Å².